The maximum atomic E-state index is 12.1. The minimum atomic E-state index is -0.182. The summed E-state index contributed by atoms with van der Waals surface area (Å²) in [5.74, 6) is 0.849. The predicted octanol–water partition coefficient (Wildman–Crippen LogP) is 4.45. The molecule has 106 valence electrons. The molecular weight excluding hydrogens is 358 g/mol. The molecule has 0 spiro atoms. The van der Waals surface area contributed by atoms with Crippen molar-refractivity contribution in [3.05, 3.63) is 34.3 Å². The third-order valence-corrected chi connectivity index (χ3v) is 5.22. The van der Waals surface area contributed by atoms with E-state index in [4.69, 9.17) is 0 Å². The van der Waals surface area contributed by atoms with E-state index in [9.17, 15) is 4.79 Å². The number of carbonyl (C=O) groups excluding carboxylic acids is 1. The number of thioether (sulfide) groups is 1. The Balaban J connectivity index is 1.97. The number of unbranched alkanes of at least 4 members (excludes halogenated alkanes) is 1. The van der Waals surface area contributed by atoms with E-state index in [0.29, 0.717) is 10.7 Å². The number of nitrogens with zero attached hydrogens (tertiary/aromatic N) is 2. The molecule has 0 bridgehead atoms. The Morgan fingerprint density at radius 3 is 2.95 bits per heavy atom. The molecule has 1 aromatic carbocycles. The molecule has 4 nitrogen and oxygen atoms in total. The quantitative estimate of drug-likeness (QED) is 0.463. The van der Waals surface area contributed by atoms with E-state index in [1.54, 1.807) is 17.8 Å². The minimum absolute atomic E-state index is 0.182. The molecule has 7 heteroatoms. The fourth-order valence-corrected chi connectivity index (χ4v) is 3.80. The summed E-state index contributed by atoms with van der Waals surface area (Å²) in [4.78, 5) is 12.1. The smallest absolute Gasteiger partial charge is 0.258 e. The topological polar surface area (TPSA) is 54.9 Å². The van der Waals surface area contributed by atoms with Gasteiger partial charge < -0.3 is 0 Å². The van der Waals surface area contributed by atoms with E-state index in [1.807, 2.05) is 18.2 Å². The lowest BCUT2D eigenvalue weighted by atomic mass is 10.2. The zero-order valence-electron chi connectivity index (χ0n) is 10.9. The molecule has 1 heterocycles. The fraction of sp³-hybridized carbons (Fsp3) is 0.308. The Labute approximate surface area is 134 Å². The molecule has 1 amide bonds. The van der Waals surface area contributed by atoms with Crippen LogP contribution in [-0.2, 0) is 0 Å². The van der Waals surface area contributed by atoms with Crippen LogP contribution in [0.5, 0.6) is 0 Å². The third kappa shape index (κ3) is 4.29. The van der Waals surface area contributed by atoms with Gasteiger partial charge in [0.15, 0.2) is 4.34 Å². The summed E-state index contributed by atoms with van der Waals surface area (Å²) in [5.41, 5.74) is 0.586. The summed E-state index contributed by atoms with van der Waals surface area (Å²) in [6, 6.07) is 7.29. The van der Waals surface area contributed by atoms with Gasteiger partial charge in [0.2, 0.25) is 5.13 Å². The van der Waals surface area contributed by atoms with Gasteiger partial charge in [0.1, 0.15) is 0 Å². The van der Waals surface area contributed by atoms with Crippen molar-refractivity contribution >= 4 is 50.1 Å². The van der Waals surface area contributed by atoms with Crippen molar-refractivity contribution in [3.63, 3.8) is 0 Å². The fourth-order valence-electron chi connectivity index (χ4n) is 1.43. The van der Waals surface area contributed by atoms with Crippen LogP contribution in [0.4, 0.5) is 5.13 Å². The predicted molar refractivity (Wildman–Crippen MR) is 87.6 cm³/mol. The van der Waals surface area contributed by atoms with Gasteiger partial charge in [-0.25, -0.2) is 0 Å². The van der Waals surface area contributed by atoms with Gasteiger partial charge in [0.05, 0.1) is 5.56 Å². The number of hydrogen-bond donors (Lipinski definition) is 1. The summed E-state index contributed by atoms with van der Waals surface area (Å²) in [7, 11) is 0. The molecule has 0 unspecified atom stereocenters. The minimum Gasteiger partial charge on any atom is -0.296 e. The zero-order valence-corrected chi connectivity index (χ0v) is 14.1. The van der Waals surface area contributed by atoms with Crippen molar-refractivity contribution in [1.82, 2.24) is 10.2 Å². The van der Waals surface area contributed by atoms with Crippen molar-refractivity contribution in [2.24, 2.45) is 0 Å². The van der Waals surface area contributed by atoms with Gasteiger partial charge >= 0.3 is 0 Å². The Bertz CT molecular complexity index is 589. The molecule has 0 radical (unpaired) electrons. The molecule has 20 heavy (non-hydrogen) atoms. The monoisotopic (exact) mass is 371 g/mol. The Hall–Kier alpha value is -0.920. The standard InChI is InChI=1S/C13H14BrN3OS2/c1-2-3-8-19-13-17-16-12(20-13)15-11(18)9-6-4-5-7-10(9)14/h4-7H,2-3,8H2,1H3,(H,15,16,18). The van der Waals surface area contributed by atoms with Crippen molar-refractivity contribution < 1.29 is 4.79 Å². The summed E-state index contributed by atoms with van der Waals surface area (Å²) in [6.45, 7) is 2.16. The highest BCUT2D eigenvalue weighted by Gasteiger charge is 2.12. The highest BCUT2D eigenvalue weighted by atomic mass is 79.9. The molecule has 0 saturated heterocycles. The van der Waals surface area contributed by atoms with E-state index in [-0.39, 0.29) is 5.91 Å². The number of anilines is 1. The van der Waals surface area contributed by atoms with Crippen LogP contribution in [0.25, 0.3) is 0 Å². The third-order valence-electron chi connectivity index (χ3n) is 2.47. The van der Waals surface area contributed by atoms with Gasteiger partial charge in [0.25, 0.3) is 5.91 Å². The first-order valence-electron chi connectivity index (χ1n) is 6.23. The Morgan fingerprint density at radius 1 is 1.40 bits per heavy atom. The summed E-state index contributed by atoms with van der Waals surface area (Å²) in [6.07, 6.45) is 2.32. The molecule has 0 atom stereocenters. The van der Waals surface area contributed by atoms with Gasteiger partial charge in [-0.15, -0.1) is 10.2 Å². The van der Waals surface area contributed by atoms with Crippen LogP contribution in [0.3, 0.4) is 0 Å². The summed E-state index contributed by atoms with van der Waals surface area (Å²) >= 11 is 6.44. The van der Waals surface area contributed by atoms with Crippen molar-refractivity contribution in [2.45, 2.75) is 24.1 Å². The number of amides is 1. The van der Waals surface area contributed by atoms with Gasteiger partial charge in [-0.05, 0) is 34.5 Å². The molecule has 1 N–H and O–H groups in total. The molecule has 0 saturated carbocycles. The lowest BCUT2D eigenvalue weighted by molar-refractivity contribution is 0.102. The van der Waals surface area contributed by atoms with Crippen LogP contribution in [0.15, 0.2) is 33.1 Å². The van der Waals surface area contributed by atoms with E-state index in [0.717, 1.165) is 27.4 Å². The second kappa shape index (κ2) is 7.75. The maximum absolute atomic E-state index is 12.1. The van der Waals surface area contributed by atoms with Crippen LogP contribution in [0.2, 0.25) is 0 Å². The first-order valence-corrected chi connectivity index (χ1v) is 8.82. The second-order valence-corrected chi connectivity index (χ2v) is 7.18. The van der Waals surface area contributed by atoms with Gasteiger partial charge in [0, 0.05) is 10.2 Å². The number of carbonyl (C=O) groups is 1. The van der Waals surface area contributed by atoms with Gasteiger partial charge in [-0.3, -0.25) is 10.1 Å². The lowest BCUT2D eigenvalue weighted by Gasteiger charge is -2.02. The lowest BCUT2D eigenvalue weighted by Crippen LogP contribution is -2.12. The number of nitrogens with one attached hydrogen (secondary N) is 1. The van der Waals surface area contributed by atoms with Crippen molar-refractivity contribution in [1.29, 1.82) is 0 Å². The summed E-state index contributed by atoms with van der Waals surface area (Å²) < 4.78 is 1.65. The Morgan fingerprint density at radius 2 is 2.20 bits per heavy atom. The van der Waals surface area contributed by atoms with E-state index in [2.05, 4.69) is 38.4 Å². The molecule has 0 fully saturated rings. The average Bonchev–Trinajstić information content (AvgIpc) is 2.87. The van der Waals surface area contributed by atoms with Crippen LogP contribution in [0.1, 0.15) is 30.1 Å². The molecule has 0 aliphatic rings. The highest BCUT2D eigenvalue weighted by Crippen LogP contribution is 2.27. The average molecular weight is 372 g/mol. The van der Waals surface area contributed by atoms with Crippen LogP contribution in [0, 0.1) is 0 Å². The largest absolute Gasteiger partial charge is 0.296 e. The first kappa shape index (κ1) is 15.5. The molecule has 0 aliphatic heterocycles. The Kier molecular flexibility index (Phi) is 6.00. The second-order valence-electron chi connectivity index (χ2n) is 4.01. The summed E-state index contributed by atoms with van der Waals surface area (Å²) in [5, 5.41) is 11.4. The van der Waals surface area contributed by atoms with Crippen LogP contribution in [-0.4, -0.2) is 21.9 Å². The van der Waals surface area contributed by atoms with Crippen LogP contribution >= 0.6 is 39.0 Å². The number of hydrogen-bond acceptors (Lipinski definition) is 5. The van der Waals surface area contributed by atoms with Crippen molar-refractivity contribution in [3.8, 4) is 0 Å². The first-order chi connectivity index (χ1) is 9.70. The zero-order chi connectivity index (χ0) is 14.4. The molecule has 0 aliphatic carbocycles. The molecule has 2 rings (SSSR count). The molecule has 1 aromatic heterocycles. The number of benzene rings is 1. The molecule has 2 aromatic rings. The van der Waals surface area contributed by atoms with E-state index < -0.39 is 0 Å². The van der Waals surface area contributed by atoms with Crippen molar-refractivity contribution in [2.75, 3.05) is 11.1 Å². The number of halogens is 1. The van der Waals surface area contributed by atoms with E-state index in [1.165, 1.54) is 11.3 Å². The number of rotatable bonds is 6. The van der Waals surface area contributed by atoms with Crippen LogP contribution < -0.4 is 5.32 Å². The molecular formula is C13H14BrN3OS2. The SMILES string of the molecule is CCCCSc1nnc(NC(=O)c2ccccc2Br)s1. The maximum Gasteiger partial charge on any atom is 0.258 e. The van der Waals surface area contributed by atoms with Gasteiger partial charge in [-0.1, -0.05) is 48.6 Å². The van der Waals surface area contributed by atoms with Gasteiger partial charge in [-0.2, -0.15) is 0 Å². The number of aromatic nitrogens is 2. The van der Waals surface area contributed by atoms with E-state index >= 15 is 0 Å². The highest BCUT2D eigenvalue weighted by molar-refractivity contribution is 9.10. The normalized spacial score (nSPS) is 10.5.